The summed E-state index contributed by atoms with van der Waals surface area (Å²) in [4.78, 5) is 9.63. The van der Waals surface area contributed by atoms with Gasteiger partial charge in [0.05, 0.1) is 0 Å². The Hall–Kier alpha value is -0.580. The third-order valence-corrected chi connectivity index (χ3v) is 2.82. The van der Waals surface area contributed by atoms with Crippen LogP contribution < -0.4 is 5.73 Å². The molecule has 0 aliphatic carbocycles. The average Bonchev–Trinajstić information content (AvgIpc) is 2.95. The Bertz CT molecular complexity index is 685. The van der Waals surface area contributed by atoms with Crippen molar-refractivity contribution in [2.75, 3.05) is 0 Å². The number of carbonyl (C=O) groups excluding carboxylic acids is 1. The molecule has 0 atom stereocenters. The quantitative estimate of drug-likeness (QED) is 0.393. The zero-order valence-electron chi connectivity index (χ0n) is 14.2. The van der Waals surface area contributed by atoms with Crippen LogP contribution >= 0.6 is 17.0 Å². The molecule has 0 saturated heterocycles. The van der Waals surface area contributed by atoms with Gasteiger partial charge in [0.1, 0.15) is 0 Å². The van der Waals surface area contributed by atoms with Gasteiger partial charge in [-0.3, -0.25) is 4.79 Å². The molecule has 1 amide bonds. The van der Waals surface area contributed by atoms with E-state index in [1.807, 2.05) is 0 Å². The summed E-state index contributed by atoms with van der Waals surface area (Å²) in [5.74, 6) is -0.516. The summed E-state index contributed by atoms with van der Waals surface area (Å²) in [6.07, 6.45) is -0.0556. The molecule has 0 bridgehead atoms. The van der Waals surface area contributed by atoms with Crippen molar-refractivity contribution in [2.45, 2.75) is 19.5 Å². The molecule has 0 fully saturated rings. The van der Waals surface area contributed by atoms with Gasteiger partial charge in [-0.15, -0.1) is 39.7 Å². The van der Waals surface area contributed by atoms with Crippen molar-refractivity contribution in [3.63, 3.8) is 0 Å². The first-order valence-corrected chi connectivity index (χ1v) is 15.7. The maximum Gasteiger partial charge on any atom is -0.0771 e. The minimum Gasteiger partial charge on any atom is -0.126 e. The van der Waals surface area contributed by atoms with Gasteiger partial charge < -0.3 is 10.8 Å². The van der Waals surface area contributed by atoms with E-state index in [2.05, 4.69) is 73.4 Å². The van der Waals surface area contributed by atoms with Crippen LogP contribution in [0, 0.1) is 6.61 Å². The van der Waals surface area contributed by atoms with Crippen LogP contribution in [0.25, 0.3) is 21.5 Å². The number of carbonyl (C=O) groups is 1. The summed E-state index contributed by atoms with van der Waals surface area (Å²) in [7, 11) is 11.0. The van der Waals surface area contributed by atoms with Gasteiger partial charge in [0, 0.05) is 9.52 Å². The molecule has 0 aliphatic heterocycles. The van der Waals surface area contributed by atoms with Crippen molar-refractivity contribution >= 4 is 54.0 Å². The standard InChI is InChI=1S/C13H9.C3H6NO2.C2H6Si.2ClH.Zr/c1-3-7-12-10(5-1)9-11-6-2-4-8-13(11)12;4-3(6)1-2-5;1-3-2;;;/h1-9H;2,5H,1H2,(H2,4,6);1-2H3;2*1H;/q2*-1;;;;+4/p-2. The van der Waals surface area contributed by atoms with Gasteiger partial charge in [0.15, 0.2) is 5.91 Å². The van der Waals surface area contributed by atoms with Crippen molar-refractivity contribution in [3.8, 4) is 0 Å². The largest absolute Gasteiger partial charge is 0.126 e. The molecule has 3 nitrogen and oxygen atoms in total. The molecule has 0 spiro atoms. The van der Waals surface area contributed by atoms with Crippen molar-refractivity contribution in [1.29, 1.82) is 0 Å². The minimum atomic E-state index is -0.826. The summed E-state index contributed by atoms with van der Waals surface area (Å²) in [5, 5.41) is 13.2. The molecule has 3 N–H and O–H groups in total. The molecule has 25 heavy (non-hydrogen) atoms. The van der Waals surface area contributed by atoms with Crippen LogP contribution in [-0.4, -0.2) is 20.5 Å². The molecule has 7 heteroatoms. The Labute approximate surface area is 170 Å². The normalized spacial score (nSPS) is 8.84. The van der Waals surface area contributed by atoms with Gasteiger partial charge in [0.25, 0.3) is 0 Å². The fourth-order valence-corrected chi connectivity index (χ4v) is 1.99. The summed E-state index contributed by atoms with van der Waals surface area (Å²) >= 11 is -0.826. The van der Waals surface area contributed by atoms with E-state index in [0.717, 1.165) is 16.1 Å². The molecular formula is C18H21Cl2NO2SiZr. The van der Waals surface area contributed by atoms with E-state index in [1.165, 1.54) is 21.5 Å². The maximum atomic E-state index is 9.63. The number of hydrogen-bond acceptors (Lipinski definition) is 2. The fraction of sp³-hybridized carbons (Fsp3) is 0.167. The van der Waals surface area contributed by atoms with Crippen molar-refractivity contribution in [1.82, 2.24) is 0 Å². The van der Waals surface area contributed by atoms with Crippen LogP contribution in [-0.2, 0) is 25.6 Å². The molecule has 0 unspecified atom stereocenters. The van der Waals surface area contributed by atoms with E-state index in [1.54, 1.807) is 0 Å². The molecule has 132 valence electrons. The number of primary amides is 1. The average molecular weight is 474 g/mol. The second-order valence-corrected chi connectivity index (χ2v) is 9.48. The molecule has 3 aromatic carbocycles. The molecule has 0 aromatic heterocycles. The van der Waals surface area contributed by atoms with Gasteiger partial charge in [-0.25, -0.2) is 6.61 Å². The van der Waals surface area contributed by atoms with Gasteiger partial charge in [-0.2, -0.15) is 0 Å². The first-order chi connectivity index (χ1) is 12.0. The Kier molecular flexibility index (Phi) is 15.3. The van der Waals surface area contributed by atoms with E-state index in [9.17, 15) is 4.79 Å². The van der Waals surface area contributed by atoms with Gasteiger partial charge >= 0.3 is 37.9 Å². The molecule has 3 aromatic rings. The number of aliphatic hydroxyl groups excluding tert-OH is 1. The third kappa shape index (κ3) is 10.2. The van der Waals surface area contributed by atoms with E-state index in [-0.39, 0.29) is 6.42 Å². The number of fused-ring (bicyclic) bond motifs is 3. The Morgan fingerprint density at radius 3 is 1.76 bits per heavy atom. The van der Waals surface area contributed by atoms with Crippen LogP contribution in [0.4, 0.5) is 0 Å². The molecule has 0 aliphatic rings. The second kappa shape index (κ2) is 15.7. The van der Waals surface area contributed by atoms with Crippen molar-refractivity contribution < 1.29 is 30.7 Å². The van der Waals surface area contributed by atoms with Gasteiger partial charge in [0.2, 0.25) is 0 Å². The van der Waals surface area contributed by atoms with Crippen LogP contribution in [0.2, 0.25) is 13.1 Å². The number of benzene rings is 2. The van der Waals surface area contributed by atoms with Gasteiger partial charge in [-0.05, 0) is 0 Å². The smallest absolute Gasteiger partial charge is 0.0771 e. The minimum absolute atomic E-state index is 0.0556. The molecule has 0 heterocycles. The van der Waals surface area contributed by atoms with Crippen molar-refractivity contribution in [2.24, 2.45) is 5.73 Å². The number of halogens is 2. The van der Waals surface area contributed by atoms with Crippen LogP contribution in [0.1, 0.15) is 6.42 Å². The van der Waals surface area contributed by atoms with Crippen LogP contribution in [0.15, 0.2) is 54.6 Å². The van der Waals surface area contributed by atoms with E-state index < -0.39 is 26.8 Å². The SMILES string of the molecule is C[Si]C.NC(=O)C[CH-]O.[Cl][Zr+2][Cl].c1ccc2c(c1)[cH-]c1ccccc12. The summed E-state index contributed by atoms with van der Waals surface area (Å²) < 4.78 is 0. The Morgan fingerprint density at radius 2 is 1.48 bits per heavy atom. The Balaban J connectivity index is 0.000000407. The van der Waals surface area contributed by atoms with E-state index in [4.69, 9.17) is 22.1 Å². The zero-order valence-corrected chi connectivity index (χ0v) is 19.1. The van der Waals surface area contributed by atoms with Crippen LogP contribution in [0.5, 0.6) is 0 Å². The molecular weight excluding hydrogens is 452 g/mol. The number of nitrogens with two attached hydrogens (primary N) is 1. The monoisotopic (exact) mass is 471 g/mol. The molecule has 3 rings (SSSR count). The summed E-state index contributed by atoms with van der Waals surface area (Å²) in [6, 6.07) is 19.3. The second-order valence-electron chi connectivity index (χ2n) is 4.74. The number of aliphatic hydroxyl groups is 1. The maximum absolute atomic E-state index is 9.63. The van der Waals surface area contributed by atoms with Crippen LogP contribution in [0.3, 0.4) is 0 Å². The number of rotatable bonds is 2. The van der Waals surface area contributed by atoms with E-state index in [0.29, 0.717) is 0 Å². The summed E-state index contributed by atoms with van der Waals surface area (Å²) in [5.41, 5.74) is 4.57. The third-order valence-electron chi connectivity index (χ3n) is 2.82. The van der Waals surface area contributed by atoms with Crippen molar-refractivity contribution in [3.05, 3.63) is 61.2 Å². The first-order valence-electron chi connectivity index (χ1n) is 7.37. The summed E-state index contributed by atoms with van der Waals surface area (Å²) in [6.45, 7) is 5.03. The first kappa shape index (κ1) is 24.4. The zero-order chi connectivity index (χ0) is 19.1. The topological polar surface area (TPSA) is 63.3 Å². The predicted molar refractivity (Wildman–Crippen MR) is 106 cm³/mol. The Morgan fingerprint density at radius 1 is 1.12 bits per heavy atom. The number of amides is 1. The van der Waals surface area contributed by atoms with Gasteiger partial charge in [-0.1, -0.05) is 55.9 Å². The predicted octanol–water partition coefficient (Wildman–Crippen LogP) is 5.27. The number of hydrogen-bond donors (Lipinski definition) is 2. The molecule has 2 radical (unpaired) electrons. The fourth-order valence-electron chi connectivity index (χ4n) is 1.99. The molecule has 0 saturated carbocycles. The van der Waals surface area contributed by atoms with E-state index >= 15 is 0 Å².